The molecule has 27 heavy (non-hydrogen) atoms. The van der Waals surface area contributed by atoms with Crippen LogP contribution < -0.4 is 0 Å². The van der Waals surface area contributed by atoms with E-state index in [0.717, 1.165) is 38.5 Å². The number of allylic oxidation sites excluding steroid dienone is 1. The Morgan fingerprint density at radius 2 is 1.93 bits per heavy atom. The highest BCUT2D eigenvalue weighted by Gasteiger charge is 2.59. The number of alkyl halides is 1. The summed E-state index contributed by atoms with van der Waals surface area (Å²) in [6.45, 7) is 6.34. The molecule has 0 aliphatic heterocycles. The molecular formula is C23H33ClO3. The molecule has 0 saturated heterocycles. The van der Waals surface area contributed by atoms with Gasteiger partial charge in [-0.25, -0.2) is 0 Å². The summed E-state index contributed by atoms with van der Waals surface area (Å²) in [6.07, 6.45) is 11.2. The van der Waals surface area contributed by atoms with Gasteiger partial charge >= 0.3 is 5.97 Å². The predicted octanol–water partition coefficient (Wildman–Crippen LogP) is 5.31. The number of carbonyl (C=O) groups excluding carboxylic acids is 2. The normalized spacial score (nSPS) is 45.9. The van der Waals surface area contributed by atoms with Gasteiger partial charge in [-0.15, -0.1) is 11.6 Å². The van der Waals surface area contributed by atoms with Crippen molar-refractivity contribution in [3.05, 3.63) is 11.6 Å². The zero-order chi connectivity index (χ0) is 19.4. The van der Waals surface area contributed by atoms with Crippen molar-refractivity contribution in [2.75, 3.05) is 5.88 Å². The number of carbonyl (C=O) groups is 2. The van der Waals surface area contributed by atoms with Crippen LogP contribution in [-0.4, -0.2) is 23.7 Å². The largest absolute Gasteiger partial charge is 0.462 e. The van der Waals surface area contributed by atoms with Gasteiger partial charge in [-0.1, -0.05) is 25.5 Å². The van der Waals surface area contributed by atoms with Gasteiger partial charge in [0.25, 0.3) is 0 Å². The molecule has 3 nitrogen and oxygen atoms in total. The van der Waals surface area contributed by atoms with Crippen LogP contribution in [0, 0.1) is 34.5 Å². The highest BCUT2D eigenvalue weighted by atomic mass is 35.5. The third-order valence-corrected chi connectivity index (χ3v) is 9.18. The fraction of sp³-hybridized carbons (Fsp3) is 0.826. The Kier molecular flexibility index (Phi) is 4.98. The van der Waals surface area contributed by atoms with E-state index in [4.69, 9.17) is 16.3 Å². The Labute approximate surface area is 168 Å². The maximum atomic E-state index is 12.5. The summed E-state index contributed by atoms with van der Waals surface area (Å²) < 4.78 is 5.53. The first-order valence-electron chi connectivity index (χ1n) is 10.7. The first-order valence-corrected chi connectivity index (χ1v) is 11.3. The van der Waals surface area contributed by atoms with Gasteiger partial charge in [-0.05, 0) is 73.5 Å². The molecule has 0 N–H and O–H groups in total. The number of hydrogen-bond acceptors (Lipinski definition) is 3. The van der Waals surface area contributed by atoms with Crippen molar-refractivity contribution < 1.29 is 14.3 Å². The number of ketones is 1. The van der Waals surface area contributed by atoms with E-state index in [0.29, 0.717) is 17.8 Å². The second-order valence-corrected chi connectivity index (χ2v) is 10.3. The zero-order valence-electron chi connectivity index (χ0n) is 16.9. The SMILES string of the molecule is CC(=O)O[C@H]1CC[C@@]2(C)C(=CC[C@H]3[C@H]4CC[C@H](C(=O)CCl)[C@@]4(C)CC[C@@H]32)C1. The topological polar surface area (TPSA) is 43.4 Å². The Balaban J connectivity index is 1.57. The van der Waals surface area contributed by atoms with Crippen molar-refractivity contribution in [3.63, 3.8) is 0 Å². The van der Waals surface area contributed by atoms with Crippen LogP contribution in [0.5, 0.6) is 0 Å². The van der Waals surface area contributed by atoms with Crippen LogP contribution >= 0.6 is 11.6 Å². The number of ether oxygens (including phenoxy) is 1. The van der Waals surface area contributed by atoms with Crippen LogP contribution in [0.3, 0.4) is 0 Å². The van der Waals surface area contributed by atoms with E-state index < -0.39 is 0 Å². The molecule has 3 fully saturated rings. The number of Topliss-reactive ketones (excluding diaryl/α,β-unsaturated/α-hetero) is 1. The van der Waals surface area contributed by atoms with Crippen LogP contribution in [0.1, 0.15) is 72.1 Å². The fourth-order valence-corrected chi connectivity index (χ4v) is 7.77. The van der Waals surface area contributed by atoms with Crippen LogP contribution in [0.25, 0.3) is 0 Å². The highest BCUT2D eigenvalue weighted by molar-refractivity contribution is 6.28. The average Bonchev–Trinajstić information content (AvgIpc) is 2.98. The Hall–Kier alpha value is -0.830. The van der Waals surface area contributed by atoms with E-state index in [-0.39, 0.29) is 40.5 Å². The van der Waals surface area contributed by atoms with E-state index in [1.165, 1.54) is 25.3 Å². The number of hydrogen-bond donors (Lipinski definition) is 0. The minimum atomic E-state index is -0.160. The molecule has 3 saturated carbocycles. The van der Waals surface area contributed by atoms with Gasteiger partial charge in [0.15, 0.2) is 5.78 Å². The minimum Gasteiger partial charge on any atom is -0.462 e. The van der Waals surface area contributed by atoms with Crippen molar-refractivity contribution in [1.29, 1.82) is 0 Å². The summed E-state index contributed by atoms with van der Waals surface area (Å²) in [5.41, 5.74) is 1.91. The Morgan fingerprint density at radius 3 is 2.63 bits per heavy atom. The van der Waals surface area contributed by atoms with Crippen LogP contribution in [0.4, 0.5) is 0 Å². The molecule has 4 aliphatic rings. The lowest BCUT2D eigenvalue weighted by Gasteiger charge is -2.58. The number of esters is 1. The lowest BCUT2D eigenvalue weighted by atomic mass is 9.47. The molecule has 4 heteroatoms. The van der Waals surface area contributed by atoms with E-state index >= 15 is 0 Å². The van der Waals surface area contributed by atoms with Gasteiger partial charge in [-0.3, -0.25) is 9.59 Å². The van der Waals surface area contributed by atoms with Crippen molar-refractivity contribution in [2.45, 2.75) is 78.2 Å². The monoisotopic (exact) mass is 392 g/mol. The second-order valence-electron chi connectivity index (χ2n) is 10.0. The van der Waals surface area contributed by atoms with Gasteiger partial charge in [0.2, 0.25) is 0 Å². The van der Waals surface area contributed by atoms with Gasteiger partial charge < -0.3 is 4.74 Å². The number of halogens is 1. The summed E-state index contributed by atoms with van der Waals surface area (Å²) in [7, 11) is 0. The average molecular weight is 393 g/mol. The number of fused-ring (bicyclic) bond motifs is 5. The summed E-state index contributed by atoms with van der Waals surface area (Å²) in [5.74, 6) is 2.48. The molecule has 0 heterocycles. The molecule has 0 amide bonds. The molecule has 0 aromatic carbocycles. The van der Waals surface area contributed by atoms with Crippen molar-refractivity contribution in [1.82, 2.24) is 0 Å². The van der Waals surface area contributed by atoms with Crippen molar-refractivity contribution in [3.8, 4) is 0 Å². The maximum absolute atomic E-state index is 12.5. The van der Waals surface area contributed by atoms with E-state index in [2.05, 4.69) is 19.9 Å². The third kappa shape index (κ3) is 2.99. The molecule has 0 radical (unpaired) electrons. The molecule has 4 rings (SSSR count). The summed E-state index contributed by atoms with van der Waals surface area (Å²) >= 11 is 5.93. The van der Waals surface area contributed by atoms with Crippen molar-refractivity contribution in [2.24, 2.45) is 34.5 Å². The zero-order valence-corrected chi connectivity index (χ0v) is 17.7. The van der Waals surface area contributed by atoms with Crippen molar-refractivity contribution >= 4 is 23.4 Å². The Bertz CT molecular complexity index is 671. The predicted molar refractivity (Wildman–Crippen MR) is 106 cm³/mol. The molecule has 0 unspecified atom stereocenters. The van der Waals surface area contributed by atoms with E-state index in [1.807, 2.05) is 0 Å². The quantitative estimate of drug-likeness (QED) is 0.371. The molecular weight excluding hydrogens is 360 g/mol. The summed E-state index contributed by atoms with van der Waals surface area (Å²) in [4.78, 5) is 23.8. The first kappa shape index (κ1) is 19.5. The van der Waals surface area contributed by atoms with Crippen LogP contribution in [0.2, 0.25) is 0 Å². The lowest BCUT2D eigenvalue weighted by Crippen LogP contribution is -2.51. The Morgan fingerprint density at radius 1 is 1.15 bits per heavy atom. The number of rotatable bonds is 3. The second kappa shape index (κ2) is 6.90. The van der Waals surface area contributed by atoms with E-state index in [9.17, 15) is 9.59 Å². The first-order chi connectivity index (χ1) is 12.8. The molecule has 4 aliphatic carbocycles. The standard InChI is InChI=1S/C23H33ClO3/c1-14(25)27-16-8-10-22(2)15(12-16)4-5-17-18-6-7-20(21(26)13-24)23(18,3)11-9-19(17)22/h4,16-20H,5-13H2,1-3H3/t16-,17-,18+,19-,20+,22-,23-/m0/s1. The fourth-order valence-electron chi connectivity index (χ4n) is 7.58. The van der Waals surface area contributed by atoms with E-state index in [1.54, 1.807) is 0 Å². The summed E-state index contributed by atoms with van der Waals surface area (Å²) in [6, 6.07) is 0. The highest BCUT2D eigenvalue weighted by Crippen LogP contribution is 2.66. The third-order valence-electron chi connectivity index (χ3n) is 8.91. The molecule has 0 bridgehead atoms. The van der Waals surface area contributed by atoms with Crippen LogP contribution in [0.15, 0.2) is 11.6 Å². The molecule has 7 atom stereocenters. The van der Waals surface area contributed by atoms with Crippen LogP contribution in [-0.2, 0) is 14.3 Å². The van der Waals surface area contributed by atoms with Gasteiger partial charge in [0.1, 0.15) is 6.10 Å². The maximum Gasteiger partial charge on any atom is 0.302 e. The lowest BCUT2D eigenvalue weighted by molar-refractivity contribution is -0.149. The van der Waals surface area contributed by atoms with Gasteiger partial charge in [-0.2, -0.15) is 0 Å². The molecule has 0 spiro atoms. The molecule has 0 aromatic rings. The minimum absolute atomic E-state index is 0.0597. The smallest absolute Gasteiger partial charge is 0.302 e. The molecule has 150 valence electrons. The molecule has 0 aromatic heterocycles. The summed E-state index contributed by atoms with van der Waals surface area (Å²) in [5, 5.41) is 0. The van der Waals surface area contributed by atoms with Gasteiger partial charge in [0, 0.05) is 19.3 Å². The van der Waals surface area contributed by atoms with Gasteiger partial charge in [0.05, 0.1) is 5.88 Å².